The average molecular weight is 222 g/mol. The molecule has 84 valence electrons. The van der Waals surface area contributed by atoms with E-state index in [-0.39, 0.29) is 0 Å². The smallest absolute Gasteiger partial charge is 0.0528 e. The summed E-state index contributed by atoms with van der Waals surface area (Å²) in [5, 5.41) is 1.26. The molecule has 0 spiro atoms. The van der Waals surface area contributed by atoms with Crippen LogP contribution in [0, 0.1) is 0 Å². The molecule has 2 N–H and O–H groups in total. The number of rotatable bonds is 2. The minimum absolute atomic E-state index is 0.576. The number of aromatic nitrogens is 1. The van der Waals surface area contributed by atoms with Gasteiger partial charge in [0.1, 0.15) is 0 Å². The van der Waals surface area contributed by atoms with Gasteiger partial charge in [0.25, 0.3) is 0 Å². The fraction of sp³-hybridized carbons (Fsp3) is 0.0667. The first-order valence-corrected chi connectivity index (χ1v) is 5.74. The lowest BCUT2D eigenvalue weighted by atomic mass is 10.2. The Kier molecular flexibility index (Phi) is 2.42. The molecule has 2 aromatic carbocycles. The summed E-state index contributed by atoms with van der Waals surface area (Å²) in [7, 11) is 0. The Morgan fingerprint density at radius 3 is 2.71 bits per heavy atom. The minimum atomic E-state index is 0.576. The van der Waals surface area contributed by atoms with Crippen molar-refractivity contribution in [2.24, 2.45) is 5.73 Å². The van der Waals surface area contributed by atoms with Crippen LogP contribution in [-0.4, -0.2) is 4.57 Å². The summed E-state index contributed by atoms with van der Waals surface area (Å²) in [6, 6.07) is 18.8. The second kappa shape index (κ2) is 4.07. The van der Waals surface area contributed by atoms with Crippen LogP contribution >= 0.6 is 0 Å². The third kappa shape index (κ3) is 1.73. The SMILES string of the molecule is NCc1cccc(-n2ccc3ccccc32)c1. The average Bonchev–Trinajstić information content (AvgIpc) is 2.82. The van der Waals surface area contributed by atoms with Gasteiger partial charge in [0.2, 0.25) is 0 Å². The van der Waals surface area contributed by atoms with Crippen molar-refractivity contribution in [1.29, 1.82) is 0 Å². The van der Waals surface area contributed by atoms with Crippen LogP contribution < -0.4 is 5.73 Å². The monoisotopic (exact) mass is 222 g/mol. The van der Waals surface area contributed by atoms with Crippen molar-refractivity contribution < 1.29 is 0 Å². The Morgan fingerprint density at radius 2 is 1.82 bits per heavy atom. The quantitative estimate of drug-likeness (QED) is 0.709. The first-order chi connectivity index (χ1) is 8.38. The van der Waals surface area contributed by atoms with E-state index in [0.717, 1.165) is 11.3 Å². The van der Waals surface area contributed by atoms with Crippen molar-refractivity contribution in [2.45, 2.75) is 6.54 Å². The molecule has 0 fully saturated rings. The van der Waals surface area contributed by atoms with Gasteiger partial charge in [-0.25, -0.2) is 0 Å². The number of nitrogens with two attached hydrogens (primary N) is 1. The molecule has 0 aliphatic rings. The van der Waals surface area contributed by atoms with Crippen molar-refractivity contribution in [3.63, 3.8) is 0 Å². The van der Waals surface area contributed by atoms with E-state index in [0.29, 0.717) is 6.54 Å². The van der Waals surface area contributed by atoms with Crippen molar-refractivity contribution >= 4 is 10.9 Å². The van der Waals surface area contributed by atoms with Gasteiger partial charge in [-0.2, -0.15) is 0 Å². The lowest BCUT2D eigenvalue weighted by Gasteiger charge is -2.07. The summed E-state index contributed by atoms with van der Waals surface area (Å²) in [5.74, 6) is 0. The highest BCUT2D eigenvalue weighted by Gasteiger charge is 2.02. The third-order valence-electron chi connectivity index (χ3n) is 3.02. The first kappa shape index (κ1) is 10.1. The lowest BCUT2D eigenvalue weighted by Crippen LogP contribution is -1.98. The molecule has 3 rings (SSSR count). The molecule has 0 bridgehead atoms. The molecule has 17 heavy (non-hydrogen) atoms. The number of hydrogen-bond donors (Lipinski definition) is 1. The summed E-state index contributed by atoms with van der Waals surface area (Å²) in [6.07, 6.45) is 2.10. The van der Waals surface area contributed by atoms with E-state index >= 15 is 0 Å². The standard InChI is InChI=1S/C15H14N2/c16-11-12-4-3-6-14(10-12)17-9-8-13-5-1-2-7-15(13)17/h1-10H,11,16H2. The molecule has 1 heterocycles. The normalized spacial score (nSPS) is 10.9. The highest BCUT2D eigenvalue weighted by molar-refractivity contribution is 5.81. The van der Waals surface area contributed by atoms with E-state index in [1.54, 1.807) is 0 Å². The zero-order chi connectivity index (χ0) is 11.7. The summed E-state index contributed by atoms with van der Waals surface area (Å²) >= 11 is 0. The van der Waals surface area contributed by atoms with Gasteiger partial charge in [0.15, 0.2) is 0 Å². The maximum absolute atomic E-state index is 5.68. The molecule has 0 saturated heterocycles. The molecule has 0 saturated carbocycles. The molecule has 0 aliphatic carbocycles. The third-order valence-corrected chi connectivity index (χ3v) is 3.02. The van der Waals surface area contributed by atoms with Gasteiger partial charge >= 0.3 is 0 Å². The zero-order valence-corrected chi connectivity index (χ0v) is 9.51. The fourth-order valence-electron chi connectivity index (χ4n) is 2.14. The highest BCUT2D eigenvalue weighted by Crippen LogP contribution is 2.20. The number of benzene rings is 2. The number of fused-ring (bicyclic) bond motifs is 1. The molecule has 0 radical (unpaired) electrons. The van der Waals surface area contributed by atoms with Crippen LogP contribution in [0.2, 0.25) is 0 Å². The predicted octanol–water partition coefficient (Wildman–Crippen LogP) is 3.09. The molecule has 2 nitrogen and oxygen atoms in total. The molecule has 2 heteroatoms. The summed E-state index contributed by atoms with van der Waals surface area (Å²) in [6.45, 7) is 0.576. The molecular formula is C15H14N2. The lowest BCUT2D eigenvalue weighted by molar-refractivity contribution is 1.05. The Bertz CT molecular complexity index is 653. The number of hydrogen-bond acceptors (Lipinski definition) is 1. The van der Waals surface area contributed by atoms with Gasteiger partial charge in [-0.3, -0.25) is 0 Å². The maximum atomic E-state index is 5.68. The van der Waals surface area contributed by atoms with Crippen LogP contribution in [0.3, 0.4) is 0 Å². The first-order valence-electron chi connectivity index (χ1n) is 5.74. The molecule has 0 amide bonds. The van der Waals surface area contributed by atoms with E-state index in [1.165, 1.54) is 10.9 Å². The maximum Gasteiger partial charge on any atom is 0.0528 e. The number of nitrogens with zero attached hydrogens (tertiary/aromatic N) is 1. The van der Waals surface area contributed by atoms with Gasteiger partial charge in [-0.05, 0) is 35.2 Å². The highest BCUT2D eigenvalue weighted by atomic mass is 15.0. The van der Waals surface area contributed by atoms with Gasteiger partial charge in [0, 0.05) is 18.4 Å². The van der Waals surface area contributed by atoms with Gasteiger partial charge in [-0.1, -0.05) is 30.3 Å². The summed E-state index contributed by atoms with van der Waals surface area (Å²) in [5.41, 5.74) is 9.21. The van der Waals surface area contributed by atoms with Gasteiger partial charge < -0.3 is 10.3 Å². The Labute approximate surface area is 100 Å². The Balaban J connectivity index is 2.20. The van der Waals surface area contributed by atoms with Crippen molar-refractivity contribution in [1.82, 2.24) is 4.57 Å². The Morgan fingerprint density at radius 1 is 0.941 bits per heavy atom. The van der Waals surface area contributed by atoms with Crippen LogP contribution in [0.25, 0.3) is 16.6 Å². The van der Waals surface area contributed by atoms with E-state index < -0.39 is 0 Å². The van der Waals surface area contributed by atoms with Crippen molar-refractivity contribution in [3.05, 3.63) is 66.4 Å². The summed E-state index contributed by atoms with van der Waals surface area (Å²) in [4.78, 5) is 0. The molecular weight excluding hydrogens is 208 g/mol. The second-order valence-electron chi connectivity index (χ2n) is 4.12. The fourth-order valence-corrected chi connectivity index (χ4v) is 2.14. The molecule has 0 atom stereocenters. The topological polar surface area (TPSA) is 30.9 Å². The van der Waals surface area contributed by atoms with Crippen molar-refractivity contribution in [2.75, 3.05) is 0 Å². The van der Waals surface area contributed by atoms with Crippen LogP contribution in [0.5, 0.6) is 0 Å². The van der Waals surface area contributed by atoms with E-state index in [9.17, 15) is 0 Å². The van der Waals surface area contributed by atoms with E-state index in [1.807, 2.05) is 6.07 Å². The largest absolute Gasteiger partial charge is 0.326 e. The van der Waals surface area contributed by atoms with E-state index in [4.69, 9.17) is 5.73 Å². The number of para-hydroxylation sites is 1. The zero-order valence-electron chi connectivity index (χ0n) is 9.51. The van der Waals surface area contributed by atoms with E-state index in [2.05, 4.69) is 59.3 Å². The molecule has 1 aromatic heterocycles. The Hall–Kier alpha value is -2.06. The van der Waals surface area contributed by atoms with Crippen molar-refractivity contribution in [3.8, 4) is 5.69 Å². The molecule has 0 unspecified atom stereocenters. The van der Waals surface area contributed by atoms with Crippen LogP contribution in [0.15, 0.2) is 60.8 Å². The van der Waals surface area contributed by atoms with Gasteiger partial charge in [0.05, 0.1) is 5.52 Å². The second-order valence-corrected chi connectivity index (χ2v) is 4.12. The molecule has 3 aromatic rings. The van der Waals surface area contributed by atoms with Crippen LogP contribution in [0.4, 0.5) is 0 Å². The molecule has 0 aliphatic heterocycles. The van der Waals surface area contributed by atoms with Crippen LogP contribution in [-0.2, 0) is 6.54 Å². The summed E-state index contributed by atoms with van der Waals surface area (Å²) < 4.78 is 2.19. The predicted molar refractivity (Wildman–Crippen MR) is 71.2 cm³/mol. The van der Waals surface area contributed by atoms with Crippen LogP contribution in [0.1, 0.15) is 5.56 Å². The minimum Gasteiger partial charge on any atom is -0.326 e. The van der Waals surface area contributed by atoms with Gasteiger partial charge in [-0.15, -0.1) is 0 Å².